The third kappa shape index (κ3) is 4.71. The molecule has 184 valence electrons. The van der Waals surface area contributed by atoms with E-state index in [2.05, 4.69) is 39.0 Å². The van der Waals surface area contributed by atoms with Crippen molar-refractivity contribution in [2.45, 2.75) is 75.7 Å². The lowest BCUT2D eigenvalue weighted by Gasteiger charge is -2.46. The van der Waals surface area contributed by atoms with E-state index in [1.54, 1.807) is 12.1 Å². The molecule has 4 nitrogen and oxygen atoms in total. The van der Waals surface area contributed by atoms with Gasteiger partial charge in [0.25, 0.3) is 0 Å². The zero-order chi connectivity index (χ0) is 24.6. The van der Waals surface area contributed by atoms with Gasteiger partial charge in [-0.2, -0.15) is 8.42 Å². The van der Waals surface area contributed by atoms with Crippen LogP contribution < -0.4 is 8.92 Å². The van der Waals surface area contributed by atoms with Crippen LogP contribution in [-0.4, -0.2) is 14.0 Å². The van der Waals surface area contributed by atoms with Gasteiger partial charge in [0.1, 0.15) is 16.2 Å². The van der Waals surface area contributed by atoms with E-state index < -0.39 is 10.1 Å². The van der Waals surface area contributed by atoms with E-state index in [0.717, 1.165) is 66.2 Å². The van der Waals surface area contributed by atoms with Crippen molar-refractivity contribution in [1.29, 1.82) is 0 Å². The van der Waals surface area contributed by atoms with Gasteiger partial charge in [0.2, 0.25) is 0 Å². The summed E-state index contributed by atoms with van der Waals surface area (Å²) >= 11 is 0. The highest BCUT2D eigenvalue weighted by Gasteiger charge is 2.45. The van der Waals surface area contributed by atoms with E-state index in [9.17, 15) is 8.42 Å². The number of hydrogen-bond acceptors (Lipinski definition) is 4. The Morgan fingerprint density at radius 2 is 1.83 bits per heavy atom. The minimum absolute atomic E-state index is 0.0639. The monoisotopic (exact) mass is 490 g/mol. The Bertz CT molecular complexity index is 1370. The van der Waals surface area contributed by atoms with Crippen LogP contribution in [0.2, 0.25) is 0 Å². The molecule has 35 heavy (non-hydrogen) atoms. The number of allylic oxidation sites excluding steroid dienone is 2. The molecular formula is C30H34O4S. The normalized spacial score (nSPS) is 20.7. The number of aryl methyl sites for hydroxylation is 1. The second-order valence-corrected chi connectivity index (χ2v) is 11.9. The summed E-state index contributed by atoms with van der Waals surface area (Å²) < 4.78 is 39.5. The first kappa shape index (κ1) is 23.9. The largest absolute Gasteiger partial charge is 0.487 e. The summed E-state index contributed by atoms with van der Waals surface area (Å²) in [4.78, 5) is 0.161. The minimum atomic E-state index is -4.03. The molecule has 5 rings (SSSR count). The Hall–Kier alpha value is -2.79. The van der Waals surface area contributed by atoms with Gasteiger partial charge in [-0.15, -0.1) is 0 Å². The van der Waals surface area contributed by atoms with Gasteiger partial charge in [-0.25, -0.2) is 0 Å². The molecule has 0 aromatic heterocycles. The molecule has 2 atom stereocenters. The molecule has 2 unspecified atom stereocenters. The van der Waals surface area contributed by atoms with E-state index in [1.165, 1.54) is 0 Å². The highest BCUT2D eigenvalue weighted by molar-refractivity contribution is 7.87. The third-order valence-corrected chi connectivity index (χ3v) is 8.69. The molecule has 1 aliphatic heterocycles. The molecule has 5 heteroatoms. The predicted octanol–water partition coefficient (Wildman–Crippen LogP) is 7.56. The topological polar surface area (TPSA) is 52.6 Å². The molecule has 0 amide bonds. The summed E-state index contributed by atoms with van der Waals surface area (Å²) in [5, 5.41) is 1.86. The molecule has 3 aromatic rings. The predicted molar refractivity (Wildman–Crippen MR) is 141 cm³/mol. The Morgan fingerprint density at radius 3 is 2.63 bits per heavy atom. The number of benzene rings is 3. The summed E-state index contributed by atoms with van der Waals surface area (Å²) in [5.41, 5.74) is 1.57. The standard InChI is InChI=1S/C30H34O4S/c1-4-5-6-11-21-18-27-29(25-14-9-10-15-26(25)30(2,3)33-27)28(19-21)34-35(31,32)24-17-16-22-12-7-8-13-23(22)20-24/h7-9,12-14,16-20,25-26H,4-6,10-11,15H2,1-3H3. The van der Waals surface area contributed by atoms with Crippen molar-refractivity contribution in [3.63, 3.8) is 0 Å². The zero-order valence-electron chi connectivity index (χ0n) is 20.8. The maximum atomic E-state index is 13.5. The van der Waals surface area contributed by atoms with Gasteiger partial charge in [0, 0.05) is 17.4 Å². The third-order valence-electron chi connectivity index (χ3n) is 7.46. The van der Waals surface area contributed by atoms with Crippen molar-refractivity contribution in [3.8, 4) is 11.5 Å². The molecule has 0 N–H and O–H groups in total. The fraction of sp³-hybridized carbons (Fsp3) is 0.400. The average molecular weight is 491 g/mol. The fourth-order valence-corrected chi connectivity index (χ4v) is 6.60. The molecule has 0 bridgehead atoms. The second-order valence-electron chi connectivity index (χ2n) is 10.4. The number of fused-ring (bicyclic) bond motifs is 4. The van der Waals surface area contributed by atoms with E-state index >= 15 is 0 Å². The van der Waals surface area contributed by atoms with Gasteiger partial charge in [0.15, 0.2) is 5.75 Å². The van der Waals surface area contributed by atoms with Crippen molar-refractivity contribution in [2.24, 2.45) is 5.92 Å². The fourth-order valence-electron chi connectivity index (χ4n) is 5.62. The molecule has 0 spiro atoms. The summed E-state index contributed by atoms with van der Waals surface area (Å²) in [6, 6.07) is 16.9. The van der Waals surface area contributed by atoms with Gasteiger partial charge in [-0.05, 0) is 80.1 Å². The van der Waals surface area contributed by atoms with Crippen LogP contribution in [0.1, 0.15) is 69.9 Å². The van der Waals surface area contributed by atoms with Gasteiger partial charge in [-0.3, -0.25) is 0 Å². The van der Waals surface area contributed by atoms with E-state index in [0.29, 0.717) is 5.75 Å². The summed E-state index contributed by atoms with van der Waals surface area (Å²) in [6.45, 7) is 6.46. The molecule has 1 aliphatic carbocycles. The number of unbranched alkanes of at least 4 members (excludes halogenated alkanes) is 2. The Morgan fingerprint density at radius 1 is 1.03 bits per heavy atom. The molecule has 2 aliphatic rings. The molecule has 0 saturated heterocycles. The van der Waals surface area contributed by atoms with Crippen LogP contribution in [-0.2, 0) is 16.5 Å². The van der Waals surface area contributed by atoms with E-state index in [1.807, 2.05) is 36.4 Å². The van der Waals surface area contributed by atoms with Crippen molar-refractivity contribution < 1.29 is 17.3 Å². The van der Waals surface area contributed by atoms with Crippen molar-refractivity contribution in [3.05, 3.63) is 77.9 Å². The van der Waals surface area contributed by atoms with Crippen LogP contribution in [0.4, 0.5) is 0 Å². The lowest BCUT2D eigenvalue weighted by Crippen LogP contribution is -2.45. The second kappa shape index (κ2) is 9.34. The molecular weight excluding hydrogens is 456 g/mol. The van der Waals surface area contributed by atoms with Crippen LogP contribution in [0.5, 0.6) is 11.5 Å². The smallest absolute Gasteiger partial charge is 0.339 e. The van der Waals surface area contributed by atoms with Crippen LogP contribution in [0.25, 0.3) is 10.8 Å². The Labute approximate surface area is 209 Å². The van der Waals surface area contributed by atoms with Crippen LogP contribution in [0.15, 0.2) is 71.6 Å². The quantitative estimate of drug-likeness (QED) is 0.195. The lowest BCUT2D eigenvalue weighted by molar-refractivity contribution is 0.0118. The maximum absolute atomic E-state index is 13.5. The van der Waals surface area contributed by atoms with Gasteiger partial charge < -0.3 is 8.92 Å². The van der Waals surface area contributed by atoms with Crippen molar-refractivity contribution in [1.82, 2.24) is 0 Å². The molecule has 0 radical (unpaired) electrons. The molecule has 3 aromatic carbocycles. The lowest BCUT2D eigenvalue weighted by atomic mass is 9.69. The van der Waals surface area contributed by atoms with E-state index in [-0.39, 0.29) is 22.3 Å². The first-order valence-electron chi connectivity index (χ1n) is 12.7. The van der Waals surface area contributed by atoms with E-state index in [4.69, 9.17) is 8.92 Å². The average Bonchev–Trinajstić information content (AvgIpc) is 2.83. The first-order chi connectivity index (χ1) is 16.8. The Balaban J connectivity index is 1.59. The number of rotatable bonds is 7. The van der Waals surface area contributed by atoms with Crippen molar-refractivity contribution in [2.75, 3.05) is 0 Å². The van der Waals surface area contributed by atoms with Gasteiger partial charge >= 0.3 is 10.1 Å². The Kier molecular flexibility index (Phi) is 6.39. The zero-order valence-corrected chi connectivity index (χ0v) is 21.6. The van der Waals surface area contributed by atoms with Crippen LogP contribution in [0.3, 0.4) is 0 Å². The highest BCUT2D eigenvalue weighted by Crippen LogP contribution is 2.53. The SMILES string of the molecule is CCCCCc1cc2c(c(OS(=O)(=O)c3ccc4ccccc4c3)c1)C1C=CCCC1C(C)(C)O2. The number of ether oxygens (including phenoxy) is 1. The maximum Gasteiger partial charge on any atom is 0.339 e. The summed E-state index contributed by atoms with van der Waals surface area (Å²) in [7, 11) is -4.03. The highest BCUT2D eigenvalue weighted by atomic mass is 32.2. The van der Waals surface area contributed by atoms with Crippen molar-refractivity contribution >= 4 is 20.9 Å². The van der Waals surface area contributed by atoms with Gasteiger partial charge in [-0.1, -0.05) is 62.2 Å². The van der Waals surface area contributed by atoms with Gasteiger partial charge in [0.05, 0.1) is 0 Å². The van der Waals surface area contributed by atoms with Crippen LogP contribution in [0, 0.1) is 5.92 Å². The minimum Gasteiger partial charge on any atom is -0.487 e. The molecule has 1 heterocycles. The summed E-state index contributed by atoms with van der Waals surface area (Å²) in [5.74, 6) is 1.48. The number of hydrogen-bond donors (Lipinski definition) is 0. The summed E-state index contributed by atoms with van der Waals surface area (Å²) in [6.07, 6.45) is 10.6. The van der Waals surface area contributed by atoms with Crippen LogP contribution >= 0.6 is 0 Å². The molecule has 0 fully saturated rings. The first-order valence-corrected chi connectivity index (χ1v) is 14.1. The molecule has 0 saturated carbocycles.